The Kier molecular flexibility index (Phi) is 2.64. The summed E-state index contributed by atoms with van der Waals surface area (Å²) in [5.74, 6) is 0.152. The van der Waals surface area contributed by atoms with Gasteiger partial charge in [-0.25, -0.2) is 0 Å². The predicted octanol–water partition coefficient (Wildman–Crippen LogP) is 1.93. The largest absolute Gasteiger partial charge is 0.508 e. The molecule has 0 aliphatic heterocycles. The van der Waals surface area contributed by atoms with Crippen LogP contribution in [-0.2, 0) is 6.42 Å². The fraction of sp³-hybridized carbons (Fsp3) is 0.100. The zero-order chi connectivity index (χ0) is 8.97. The first-order chi connectivity index (χ1) is 5.77. The second-order valence-corrected chi connectivity index (χ2v) is 2.50. The van der Waals surface area contributed by atoms with Crippen molar-refractivity contribution in [3.63, 3.8) is 0 Å². The van der Waals surface area contributed by atoms with Crippen LogP contribution in [0.2, 0.25) is 0 Å². The van der Waals surface area contributed by atoms with Gasteiger partial charge in [0.1, 0.15) is 12.0 Å². The lowest BCUT2D eigenvalue weighted by Gasteiger charge is -2.00. The number of aldehydes is 1. The molecule has 0 bridgehead atoms. The van der Waals surface area contributed by atoms with E-state index in [4.69, 9.17) is 0 Å². The second-order valence-electron chi connectivity index (χ2n) is 2.50. The highest BCUT2D eigenvalue weighted by molar-refractivity contribution is 5.75. The van der Waals surface area contributed by atoms with E-state index in [0.29, 0.717) is 18.3 Å². The van der Waals surface area contributed by atoms with Crippen LogP contribution in [0.4, 0.5) is 0 Å². The van der Waals surface area contributed by atoms with Crippen molar-refractivity contribution in [2.45, 2.75) is 6.42 Å². The van der Waals surface area contributed by atoms with Crippen molar-refractivity contribution >= 4 is 6.29 Å². The Morgan fingerprint density at radius 1 is 1.50 bits per heavy atom. The molecule has 0 aliphatic rings. The first-order valence-corrected chi connectivity index (χ1v) is 3.66. The summed E-state index contributed by atoms with van der Waals surface area (Å²) in [5.41, 5.74) is 1.27. The van der Waals surface area contributed by atoms with Crippen molar-refractivity contribution in [3.05, 3.63) is 42.0 Å². The zero-order valence-electron chi connectivity index (χ0n) is 6.66. The van der Waals surface area contributed by atoms with Gasteiger partial charge in [0.25, 0.3) is 0 Å². The molecular formula is C10H10O2. The van der Waals surface area contributed by atoms with Gasteiger partial charge in [0.2, 0.25) is 0 Å². The van der Waals surface area contributed by atoms with Crippen LogP contribution < -0.4 is 0 Å². The third-order valence-electron chi connectivity index (χ3n) is 1.61. The normalized spacial score (nSPS) is 9.33. The van der Waals surface area contributed by atoms with Crippen LogP contribution in [0.25, 0.3) is 0 Å². The number of rotatable bonds is 3. The average molecular weight is 162 g/mol. The van der Waals surface area contributed by atoms with E-state index < -0.39 is 0 Å². The highest BCUT2D eigenvalue weighted by Gasteiger charge is 1.99. The van der Waals surface area contributed by atoms with Crippen molar-refractivity contribution in [1.29, 1.82) is 0 Å². The molecule has 0 fully saturated rings. The molecule has 62 valence electrons. The molecule has 0 aromatic heterocycles. The summed E-state index contributed by atoms with van der Waals surface area (Å²) >= 11 is 0. The van der Waals surface area contributed by atoms with Gasteiger partial charge in [-0.3, -0.25) is 4.79 Å². The van der Waals surface area contributed by atoms with Gasteiger partial charge in [0.05, 0.1) is 0 Å². The van der Waals surface area contributed by atoms with E-state index in [1.54, 1.807) is 18.2 Å². The topological polar surface area (TPSA) is 37.3 Å². The highest BCUT2D eigenvalue weighted by atomic mass is 16.3. The Bertz CT molecular complexity index is 303. The standard InChI is InChI=1S/C10H10O2/c1-2-3-9-5-4-8(7-11)6-10(9)12/h2,4-7,12H,1,3H2. The minimum atomic E-state index is 0.152. The van der Waals surface area contributed by atoms with Gasteiger partial charge in [-0.1, -0.05) is 18.2 Å². The number of carbonyl (C=O) groups is 1. The van der Waals surface area contributed by atoms with Crippen molar-refractivity contribution in [3.8, 4) is 5.75 Å². The predicted molar refractivity (Wildman–Crippen MR) is 47.4 cm³/mol. The summed E-state index contributed by atoms with van der Waals surface area (Å²) in [7, 11) is 0. The molecule has 2 heteroatoms. The Labute approximate surface area is 71.2 Å². The second kappa shape index (κ2) is 3.72. The number of carbonyl (C=O) groups excluding carboxylic acids is 1. The quantitative estimate of drug-likeness (QED) is 0.544. The molecule has 1 N–H and O–H groups in total. The number of phenols is 1. The van der Waals surface area contributed by atoms with E-state index in [-0.39, 0.29) is 5.75 Å². The molecule has 0 saturated carbocycles. The average Bonchev–Trinajstić information content (AvgIpc) is 2.09. The zero-order valence-corrected chi connectivity index (χ0v) is 6.66. The fourth-order valence-electron chi connectivity index (χ4n) is 0.982. The SMILES string of the molecule is C=CCc1ccc(C=O)cc1O. The number of aromatic hydroxyl groups is 1. The van der Waals surface area contributed by atoms with Gasteiger partial charge in [-0.15, -0.1) is 6.58 Å². The lowest BCUT2D eigenvalue weighted by Crippen LogP contribution is -1.85. The van der Waals surface area contributed by atoms with Crippen molar-refractivity contribution in [2.24, 2.45) is 0 Å². The summed E-state index contributed by atoms with van der Waals surface area (Å²) in [6, 6.07) is 4.85. The molecule has 12 heavy (non-hydrogen) atoms. The van der Waals surface area contributed by atoms with Crippen LogP contribution in [0, 0.1) is 0 Å². The molecule has 2 nitrogen and oxygen atoms in total. The third kappa shape index (κ3) is 1.72. The molecular weight excluding hydrogens is 152 g/mol. The fourth-order valence-corrected chi connectivity index (χ4v) is 0.982. The van der Waals surface area contributed by atoms with Crippen molar-refractivity contribution in [1.82, 2.24) is 0 Å². The molecule has 1 aromatic rings. The monoisotopic (exact) mass is 162 g/mol. The van der Waals surface area contributed by atoms with E-state index >= 15 is 0 Å². The smallest absolute Gasteiger partial charge is 0.150 e. The Morgan fingerprint density at radius 3 is 2.75 bits per heavy atom. The van der Waals surface area contributed by atoms with E-state index in [2.05, 4.69) is 6.58 Å². The molecule has 0 aliphatic carbocycles. The number of phenolic OH excluding ortho intramolecular Hbond substituents is 1. The van der Waals surface area contributed by atoms with Gasteiger partial charge in [-0.05, 0) is 18.1 Å². The van der Waals surface area contributed by atoms with Gasteiger partial charge < -0.3 is 5.11 Å². The van der Waals surface area contributed by atoms with Gasteiger partial charge in [0, 0.05) is 5.56 Å². The lowest BCUT2D eigenvalue weighted by atomic mass is 10.1. The molecule has 0 unspecified atom stereocenters. The van der Waals surface area contributed by atoms with Crippen molar-refractivity contribution < 1.29 is 9.90 Å². The maximum atomic E-state index is 10.3. The van der Waals surface area contributed by atoms with Crippen molar-refractivity contribution in [2.75, 3.05) is 0 Å². The lowest BCUT2D eigenvalue weighted by molar-refractivity contribution is 0.112. The summed E-state index contributed by atoms with van der Waals surface area (Å²) in [4.78, 5) is 10.3. The maximum absolute atomic E-state index is 10.3. The number of hydrogen-bond donors (Lipinski definition) is 1. The van der Waals surface area contributed by atoms with Crippen LogP contribution in [0.1, 0.15) is 15.9 Å². The number of hydrogen-bond acceptors (Lipinski definition) is 2. The first-order valence-electron chi connectivity index (χ1n) is 3.66. The molecule has 0 amide bonds. The van der Waals surface area contributed by atoms with E-state index in [0.717, 1.165) is 5.56 Å². The molecule has 0 spiro atoms. The van der Waals surface area contributed by atoms with Gasteiger partial charge in [-0.2, -0.15) is 0 Å². The van der Waals surface area contributed by atoms with Gasteiger partial charge >= 0.3 is 0 Å². The Balaban J connectivity index is 3.02. The molecule has 1 aromatic carbocycles. The van der Waals surface area contributed by atoms with E-state index in [1.807, 2.05) is 0 Å². The van der Waals surface area contributed by atoms with E-state index in [9.17, 15) is 9.90 Å². The van der Waals surface area contributed by atoms with E-state index in [1.165, 1.54) is 6.07 Å². The summed E-state index contributed by atoms with van der Waals surface area (Å²) in [6.45, 7) is 3.56. The summed E-state index contributed by atoms with van der Waals surface area (Å²) < 4.78 is 0. The van der Waals surface area contributed by atoms with Crippen LogP contribution in [-0.4, -0.2) is 11.4 Å². The molecule has 0 heterocycles. The third-order valence-corrected chi connectivity index (χ3v) is 1.61. The molecule has 0 saturated heterocycles. The maximum Gasteiger partial charge on any atom is 0.150 e. The molecule has 0 atom stereocenters. The Morgan fingerprint density at radius 2 is 2.25 bits per heavy atom. The minimum Gasteiger partial charge on any atom is -0.508 e. The molecule has 1 rings (SSSR count). The van der Waals surface area contributed by atoms with Crippen LogP contribution >= 0.6 is 0 Å². The molecule has 0 radical (unpaired) electrons. The van der Waals surface area contributed by atoms with Crippen LogP contribution in [0.15, 0.2) is 30.9 Å². The van der Waals surface area contributed by atoms with Crippen LogP contribution in [0.5, 0.6) is 5.75 Å². The first kappa shape index (κ1) is 8.53. The summed E-state index contributed by atoms with van der Waals surface area (Å²) in [6.07, 6.45) is 3.03. The van der Waals surface area contributed by atoms with Gasteiger partial charge in [0.15, 0.2) is 0 Å². The number of allylic oxidation sites excluding steroid dienone is 1. The minimum absolute atomic E-state index is 0.152. The van der Waals surface area contributed by atoms with Crippen LogP contribution in [0.3, 0.4) is 0 Å². The number of benzene rings is 1. The Hall–Kier alpha value is -1.57. The summed E-state index contributed by atoms with van der Waals surface area (Å²) in [5, 5.41) is 9.35. The highest BCUT2D eigenvalue weighted by Crippen LogP contribution is 2.18.